The predicted molar refractivity (Wildman–Crippen MR) is 51.8 cm³/mol. The van der Waals surface area contributed by atoms with Gasteiger partial charge in [0.05, 0.1) is 0 Å². The van der Waals surface area contributed by atoms with Crippen LogP contribution in [0.25, 0.3) is 0 Å². The summed E-state index contributed by atoms with van der Waals surface area (Å²) in [6.45, 7) is 5.42. The van der Waals surface area contributed by atoms with Gasteiger partial charge in [-0.2, -0.15) is 8.42 Å². The zero-order chi connectivity index (χ0) is 11.3. The number of allylic oxidation sites excluding steroid dienone is 3. The van der Waals surface area contributed by atoms with E-state index in [2.05, 4.69) is 6.58 Å². The Morgan fingerprint density at radius 3 is 1.31 bits per heavy atom. The van der Waals surface area contributed by atoms with E-state index in [1.54, 1.807) is 6.08 Å². The van der Waals surface area contributed by atoms with Gasteiger partial charge in [-0.1, -0.05) is 24.8 Å². The van der Waals surface area contributed by atoms with Crippen LogP contribution in [0.4, 0.5) is 0 Å². The van der Waals surface area contributed by atoms with E-state index in [0.29, 0.717) is 0 Å². The van der Waals surface area contributed by atoms with Gasteiger partial charge in [0.25, 0.3) is 22.7 Å². The van der Waals surface area contributed by atoms with E-state index in [9.17, 15) is 0 Å². The van der Waals surface area contributed by atoms with Crippen LogP contribution in [-0.4, -0.2) is 26.6 Å². The molecule has 0 spiro atoms. The standard InChI is InChI=1S/C5H8.2H2O3S/c1-3-5-4-2;2*1-4(2)3/h3-5H,1H2,2H3;2*(H2,1,2,3). The topological polar surface area (TPSA) is 115 Å². The Bertz CT molecular complexity index is 158. The largest absolute Gasteiger partial charge is 0.299 e. The zero-order valence-electron chi connectivity index (χ0n) is 6.86. The fourth-order valence-electron chi connectivity index (χ4n) is 0.136. The summed E-state index contributed by atoms with van der Waals surface area (Å²) < 4.78 is 45.7. The molecule has 0 saturated carbocycles. The molecule has 0 unspecified atom stereocenters. The first-order valence-electron chi connectivity index (χ1n) is 2.72. The average Bonchev–Trinajstić information content (AvgIpc) is 1.86. The highest BCUT2D eigenvalue weighted by molar-refractivity contribution is 7.73. The van der Waals surface area contributed by atoms with Gasteiger partial charge in [0.15, 0.2) is 0 Å². The van der Waals surface area contributed by atoms with Gasteiger partial charge in [-0.25, -0.2) is 0 Å². The quantitative estimate of drug-likeness (QED) is 0.397. The highest BCUT2D eigenvalue weighted by atomic mass is 32.2. The molecule has 0 saturated heterocycles. The van der Waals surface area contributed by atoms with Crippen molar-refractivity contribution in [1.29, 1.82) is 0 Å². The summed E-state index contributed by atoms with van der Waals surface area (Å²) in [6.07, 6.45) is 5.58. The second-order valence-corrected chi connectivity index (χ2v) is 2.15. The molecule has 0 bridgehead atoms. The fourth-order valence-corrected chi connectivity index (χ4v) is 0.136. The maximum absolute atomic E-state index is 8.67. The Morgan fingerprint density at radius 2 is 1.31 bits per heavy atom. The minimum absolute atomic E-state index is 1.75. The van der Waals surface area contributed by atoms with Crippen molar-refractivity contribution >= 4 is 22.7 Å². The van der Waals surface area contributed by atoms with E-state index in [1.165, 1.54) is 0 Å². The molecular weight excluding hydrogens is 220 g/mol. The SMILES string of the molecule is C=CC=CC.O=S(O)O.O=S(O)O. The molecular formula is C5H12O6S2. The molecule has 0 aliphatic rings. The molecule has 0 aromatic carbocycles. The van der Waals surface area contributed by atoms with E-state index >= 15 is 0 Å². The van der Waals surface area contributed by atoms with Crippen molar-refractivity contribution in [3.63, 3.8) is 0 Å². The highest BCUT2D eigenvalue weighted by Gasteiger charge is 1.63. The van der Waals surface area contributed by atoms with Crippen molar-refractivity contribution in [2.75, 3.05) is 0 Å². The minimum atomic E-state index is -2.61. The predicted octanol–water partition coefficient (Wildman–Crippen LogP) is 1.11. The lowest BCUT2D eigenvalue weighted by Gasteiger charge is -1.59. The van der Waals surface area contributed by atoms with Gasteiger partial charge in [-0.05, 0) is 6.92 Å². The molecule has 0 fully saturated rings. The molecule has 0 aliphatic heterocycles. The molecule has 4 N–H and O–H groups in total. The van der Waals surface area contributed by atoms with Crippen molar-refractivity contribution in [3.8, 4) is 0 Å². The van der Waals surface area contributed by atoms with Crippen LogP contribution in [0.2, 0.25) is 0 Å². The van der Waals surface area contributed by atoms with Gasteiger partial charge < -0.3 is 0 Å². The molecule has 0 aromatic rings. The Hall–Kier alpha value is -0.380. The lowest BCUT2D eigenvalue weighted by molar-refractivity contribution is 0.452. The Balaban J connectivity index is -0.000000117. The van der Waals surface area contributed by atoms with Crippen LogP contribution in [0.5, 0.6) is 0 Å². The van der Waals surface area contributed by atoms with Gasteiger partial charge in [0.2, 0.25) is 0 Å². The summed E-state index contributed by atoms with van der Waals surface area (Å²) in [5.74, 6) is 0. The van der Waals surface area contributed by atoms with Crippen molar-refractivity contribution in [2.45, 2.75) is 6.92 Å². The molecule has 0 aliphatic carbocycles. The molecule has 13 heavy (non-hydrogen) atoms. The van der Waals surface area contributed by atoms with E-state index < -0.39 is 22.7 Å². The van der Waals surface area contributed by atoms with Crippen molar-refractivity contribution < 1.29 is 26.6 Å². The van der Waals surface area contributed by atoms with E-state index in [4.69, 9.17) is 26.6 Å². The summed E-state index contributed by atoms with van der Waals surface area (Å²) in [6, 6.07) is 0. The summed E-state index contributed by atoms with van der Waals surface area (Å²) in [7, 11) is 0. The summed E-state index contributed by atoms with van der Waals surface area (Å²) >= 11 is -5.22. The van der Waals surface area contributed by atoms with E-state index in [-0.39, 0.29) is 0 Å². The second-order valence-electron chi connectivity index (χ2n) is 1.22. The van der Waals surface area contributed by atoms with Crippen LogP contribution in [0.15, 0.2) is 24.8 Å². The Labute approximate surface area is 81.6 Å². The van der Waals surface area contributed by atoms with Crippen LogP contribution >= 0.6 is 0 Å². The maximum Gasteiger partial charge on any atom is 0.299 e. The molecule has 8 heteroatoms. The maximum atomic E-state index is 8.67. The first kappa shape index (κ1) is 18.4. The molecule has 80 valence electrons. The lowest BCUT2D eigenvalue weighted by atomic mass is 10.5. The van der Waals surface area contributed by atoms with E-state index in [1.807, 2.05) is 19.1 Å². The first-order valence-corrected chi connectivity index (χ1v) is 4.84. The van der Waals surface area contributed by atoms with Gasteiger partial charge in [0.1, 0.15) is 0 Å². The smallest absolute Gasteiger partial charge is 0.284 e. The van der Waals surface area contributed by atoms with Crippen molar-refractivity contribution in [2.24, 2.45) is 0 Å². The second kappa shape index (κ2) is 17.6. The van der Waals surface area contributed by atoms with Gasteiger partial charge in [0, 0.05) is 0 Å². The molecule has 0 aromatic heterocycles. The first-order chi connectivity index (χ1) is 5.88. The van der Waals surface area contributed by atoms with Gasteiger partial charge in [-0.3, -0.25) is 18.2 Å². The monoisotopic (exact) mass is 232 g/mol. The molecule has 0 amide bonds. The fraction of sp³-hybridized carbons (Fsp3) is 0.200. The minimum Gasteiger partial charge on any atom is -0.284 e. The van der Waals surface area contributed by atoms with Gasteiger partial charge >= 0.3 is 0 Å². The average molecular weight is 232 g/mol. The van der Waals surface area contributed by atoms with Crippen molar-refractivity contribution in [3.05, 3.63) is 24.8 Å². The molecule has 6 nitrogen and oxygen atoms in total. The third-order valence-electron chi connectivity index (χ3n) is 0.329. The van der Waals surface area contributed by atoms with Crippen LogP contribution < -0.4 is 0 Å². The van der Waals surface area contributed by atoms with Crippen molar-refractivity contribution in [1.82, 2.24) is 0 Å². The Morgan fingerprint density at radius 1 is 1.08 bits per heavy atom. The lowest BCUT2D eigenvalue weighted by Crippen LogP contribution is -1.74. The molecule has 0 atom stereocenters. The van der Waals surface area contributed by atoms with Crippen LogP contribution in [0.3, 0.4) is 0 Å². The number of rotatable bonds is 1. The zero-order valence-corrected chi connectivity index (χ0v) is 8.49. The number of hydrogen-bond acceptors (Lipinski definition) is 2. The van der Waals surface area contributed by atoms with Crippen LogP contribution in [0, 0.1) is 0 Å². The molecule has 0 rings (SSSR count). The van der Waals surface area contributed by atoms with Crippen LogP contribution in [-0.2, 0) is 22.7 Å². The van der Waals surface area contributed by atoms with E-state index in [0.717, 1.165) is 0 Å². The van der Waals surface area contributed by atoms with Gasteiger partial charge in [-0.15, -0.1) is 0 Å². The van der Waals surface area contributed by atoms with Crippen LogP contribution in [0.1, 0.15) is 6.92 Å². The highest BCUT2D eigenvalue weighted by Crippen LogP contribution is 1.64. The number of hydrogen-bond donors (Lipinski definition) is 4. The summed E-state index contributed by atoms with van der Waals surface area (Å²) in [5, 5.41) is 0. The summed E-state index contributed by atoms with van der Waals surface area (Å²) in [5.41, 5.74) is 0. The molecule has 0 heterocycles. The summed E-state index contributed by atoms with van der Waals surface area (Å²) in [4.78, 5) is 0. The molecule has 0 radical (unpaired) electrons. The Kier molecular flexibility index (Phi) is 25.0. The normalized spacial score (nSPS) is 8.85. The third-order valence-corrected chi connectivity index (χ3v) is 0.329. The third kappa shape index (κ3) is 410.